The maximum absolute atomic E-state index is 10.9. The SMILES string of the molecule is CC(=O)OCC1C[C@H](OC(C)(C)O)[C@@H](COC(C)=O)O1. The molecule has 0 aromatic rings. The number of hydrogen-bond donors (Lipinski definition) is 1. The minimum absolute atomic E-state index is 0.0344. The molecule has 1 unspecified atom stereocenters. The molecule has 0 radical (unpaired) electrons. The molecule has 20 heavy (non-hydrogen) atoms. The van der Waals surface area contributed by atoms with Crippen molar-refractivity contribution in [3.63, 3.8) is 0 Å². The summed E-state index contributed by atoms with van der Waals surface area (Å²) in [6, 6.07) is 0. The van der Waals surface area contributed by atoms with Crippen LogP contribution >= 0.6 is 0 Å². The molecular formula is C13H22O7. The fourth-order valence-corrected chi connectivity index (χ4v) is 1.96. The van der Waals surface area contributed by atoms with Crippen LogP contribution in [0.4, 0.5) is 0 Å². The van der Waals surface area contributed by atoms with Crippen LogP contribution in [0.15, 0.2) is 0 Å². The average molecular weight is 290 g/mol. The van der Waals surface area contributed by atoms with E-state index in [0.29, 0.717) is 6.42 Å². The largest absolute Gasteiger partial charge is 0.463 e. The van der Waals surface area contributed by atoms with Crippen molar-refractivity contribution >= 4 is 11.9 Å². The van der Waals surface area contributed by atoms with Crippen molar-refractivity contribution in [3.8, 4) is 0 Å². The van der Waals surface area contributed by atoms with Crippen LogP contribution in [-0.4, -0.2) is 54.4 Å². The van der Waals surface area contributed by atoms with E-state index in [-0.39, 0.29) is 19.3 Å². The van der Waals surface area contributed by atoms with Crippen LogP contribution in [0.5, 0.6) is 0 Å². The van der Waals surface area contributed by atoms with Gasteiger partial charge in [-0.3, -0.25) is 9.59 Å². The van der Waals surface area contributed by atoms with E-state index in [1.54, 1.807) is 0 Å². The smallest absolute Gasteiger partial charge is 0.302 e. The number of esters is 2. The lowest BCUT2D eigenvalue weighted by molar-refractivity contribution is -0.217. The van der Waals surface area contributed by atoms with E-state index in [2.05, 4.69) is 0 Å². The maximum atomic E-state index is 10.9. The molecule has 0 amide bonds. The zero-order chi connectivity index (χ0) is 15.3. The standard InChI is InChI=1S/C13H22O7/c1-8(14)17-6-10-5-11(20-13(3,4)16)12(19-10)7-18-9(2)15/h10-12,16H,5-7H2,1-4H3/t10?,11-,12+/m0/s1. The van der Waals surface area contributed by atoms with Gasteiger partial charge >= 0.3 is 11.9 Å². The second-order valence-corrected chi connectivity index (χ2v) is 5.24. The molecule has 1 aliphatic rings. The summed E-state index contributed by atoms with van der Waals surface area (Å²) >= 11 is 0. The monoisotopic (exact) mass is 290 g/mol. The molecule has 0 aliphatic carbocycles. The molecule has 1 rings (SSSR count). The van der Waals surface area contributed by atoms with E-state index >= 15 is 0 Å². The lowest BCUT2D eigenvalue weighted by Gasteiger charge is -2.26. The molecule has 0 bridgehead atoms. The van der Waals surface area contributed by atoms with E-state index in [0.717, 1.165) is 0 Å². The van der Waals surface area contributed by atoms with Crippen molar-refractivity contribution in [1.82, 2.24) is 0 Å². The first-order valence-electron chi connectivity index (χ1n) is 6.50. The summed E-state index contributed by atoms with van der Waals surface area (Å²) in [5, 5.41) is 9.71. The average Bonchev–Trinajstić information content (AvgIpc) is 2.63. The van der Waals surface area contributed by atoms with Gasteiger partial charge in [0.05, 0.1) is 12.2 Å². The van der Waals surface area contributed by atoms with Gasteiger partial charge < -0.3 is 24.1 Å². The van der Waals surface area contributed by atoms with Crippen LogP contribution in [-0.2, 0) is 28.5 Å². The first-order valence-corrected chi connectivity index (χ1v) is 6.50. The third-order valence-corrected chi connectivity index (χ3v) is 2.64. The van der Waals surface area contributed by atoms with Gasteiger partial charge in [0.15, 0.2) is 5.79 Å². The van der Waals surface area contributed by atoms with Gasteiger partial charge in [0, 0.05) is 20.3 Å². The lowest BCUT2D eigenvalue weighted by Crippen LogP contribution is -2.37. The molecule has 0 spiro atoms. The van der Waals surface area contributed by atoms with Crippen molar-refractivity contribution in [2.75, 3.05) is 13.2 Å². The molecule has 3 atom stereocenters. The molecule has 0 saturated carbocycles. The Labute approximate surface area is 118 Å². The van der Waals surface area contributed by atoms with E-state index in [1.807, 2.05) is 0 Å². The minimum Gasteiger partial charge on any atom is -0.463 e. The van der Waals surface area contributed by atoms with Gasteiger partial charge in [-0.25, -0.2) is 0 Å². The molecule has 7 heteroatoms. The predicted molar refractivity (Wildman–Crippen MR) is 67.7 cm³/mol. The lowest BCUT2D eigenvalue weighted by atomic mass is 10.1. The summed E-state index contributed by atoms with van der Waals surface area (Å²) in [6.07, 6.45) is -0.823. The van der Waals surface area contributed by atoms with Gasteiger partial charge in [-0.15, -0.1) is 0 Å². The van der Waals surface area contributed by atoms with Crippen LogP contribution < -0.4 is 0 Å². The summed E-state index contributed by atoms with van der Waals surface area (Å²) in [5.41, 5.74) is 0. The number of carbonyl (C=O) groups is 2. The van der Waals surface area contributed by atoms with Gasteiger partial charge in [-0.2, -0.15) is 0 Å². The normalized spacial score (nSPS) is 26.4. The van der Waals surface area contributed by atoms with Crippen molar-refractivity contribution < 1.29 is 33.6 Å². The topological polar surface area (TPSA) is 91.3 Å². The second-order valence-electron chi connectivity index (χ2n) is 5.24. The number of aliphatic hydroxyl groups is 1. The highest BCUT2D eigenvalue weighted by Crippen LogP contribution is 2.27. The third-order valence-electron chi connectivity index (χ3n) is 2.64. The quantitative estimate of drug-likeness (QED) is 0.558. The molecule has 1 heterocycles. The highest BCUT2D eigenvalue weighted by Gasteiger charge is 2.39. The van der Waals surface area contributed by atoms with Gasteiger partial charge in [-0.05, 0) is 13.8 Å². The first-order chi connectivity index (χ1) is 9.17. The van der Waals surface area contributed by atoms with Crippen LogP contribution in [0.3, 0.4) is 0 Å². The summed E-state index contributed by atoms with van der Waals surface area (Å²) < 4.78 is 20.9. The second kappa shape index (κ2) is 7.01. The molecule has 7 nitrogen and oxygen atoms in total. The minimum atomic E-state index is -1.32. The molecule has 1 N–H and O–H groups in total. The Hall–Kier alpha value is -1.18. The Bertz CT molecular complexity index is 347. The van der Waals surface area contributed by atoms with Crippen LogP contribution in [0.1, 0.15) is 34.1 Å². The molecule has 0 aromatic carbocycles. The summed E-state index contributed by atoms with van der Waals surface area (Å²) in [6.45, 7) is 5.78. The van der Waals surface area contributed by atoms with E-state index in [1.165, 1.54) is 27.7 Å². The first kappa shape index (κ1) is 16.9. The van der Waals surface area contributed by atoms with Gasteiger partial charge in [-0.1, -0.05) is 0 Å². The van der Waals surface area contributed by atoms with Crippen molar-refractivity contribution in [2.24, 2.45) is 0 Å². The highest BCUT2D eigenvalue weighted by molar-refractivity contribution is 5.66. The zero-order valence-electron chi connectivity index (χ0n) is 12.3. The summed E-state index contributed by atoms with van der Waals surface area (Å²) in [5.74, 6) is -2.13. The third kappa shape index (κ3) is 6.31. The molecule has 116 valence electrons. The van der Waals surface area contributed by atoms with Gasteiger partial charge in [0.1, 0.15) is 19.3 Å². The predicted octanol–water partition coefficient (Wildman–Crippen LogP) is 0.384. The fourth-order valence-electron chi connectivity index (χ4n) is 1.96. The highest BCUT2D eigenvalue weighted by atomic mass is 16.7. The Balaban J connectivity index is 2.57. The van der Waals surface area contributed by atoms with E-state index in [9.17, 15) is 14.7 Å². The van der Waals surface area contributed by atoms with Crippen molar-refractivity contribution in [1.29, 1.82) is 0 Å². The van der Waals surface area contributed by atoms with Gasteiger partial charge in [0.2, 0.25) is 0 Å². The zero-order valence-corrected chi connectivity index (χ0v) is 12.3. The number of rotatable bonds is 6. The number of hydrogen-bond acceptors (Lipinski definition) is 7. The Morgan fingerprint density at radius 3 is 2.25 bits per heavy atom. The molecule has 1 aliphatic heterocycles. The Morgan fingerprint density at radius 1 is 1.20 bits per heavy atom. The summed E-state index contributed by atoms with van der Waals surface area (Å²) in [4.78, 5) is 21.6. The molecule has 1 saturated heterocycles. The molecular weight excluding hydrogens is 268 g/mol. The molecule has 0 aromatic heterocycles. The van der Waals surface area contributed by atoms with Crippen LogP contribution in [0.25, 0.3) is 0 Å². The number of carbonyl (C=O) groups excluding carboxylic acids is 2. The van der Waals surface area contributed by atoms with E-state index in [4.69, 9.17) is 18.9 Å². The summed E-state index contributed by atoms with van der Waals surface area (Å²) in [7, 11) is 0. The maximum Gasteiger partial charge on any atom is 0.302 e. The number of ether oxygens (including phenoxy) is 4. The van der Waals surface area contributed by atoms with Gasteiger partial charge in [0.25, 0.3) is 0 Å². The Morgan fingerprint density at radius 2 is 1.75 bits per heavy atom. The fraction of sp³-hybridized carbons (Fsp3) is 0.846. The Kier molecular flexibility index (Phi) is 5.91. The van der Waals surface area contributed by atoms with Crippen molar-refractivity contribution in [2.45, 2.75) is 58.2 Å². The van der Waals surface area contributed by atoms with E-state index < -0.39 is 29.9 Å². The van der Waals surface area contributed by atoms with Crippen LogP contribution in [0, 0.1) is 0 Å². The van der Waals surface area contributed by atoms with Crippen LogP contribution in [0.2, 0.25) is 0 Å². The van der Waals surface area contributed by atoms with Crippen molar-refractivity contribution in [3.05, 3.63) is 0 Å². The molecule has 1 fully saturated rings.